The molecule has 0 aliphatic carbocycles. The predicted octanol–water partition coefficient (Wildman–Crippen LogP) is 0.874. The Hall–Kier alpha value is -1.46. The number of nitrogens with one attached hydrogen (secondary N) is 1. The van der Waals surface area contributed by atoms with E-state index < -0.39 is 0 Å². The van der Waals surface area contributed by atoms with E-state index in [-0.39, 0.29) is 0 Å². The molecule has 0 spiro atoms. The largest absolute Gasteiger partial charge is 0.456 e. The van der Waals surface area contributed by atoms with Crippen LogP contribution < -0.4 is 5.48 Å². The van der Waals surface area contributed by atoms with Gasteiger partial charge in [-0.3, -0.25) is 0 Å². The zero-order chi connectivity index (χ0) is 9.10. The van der Waals surface area contributed by atoms with Crippen molar-refractivity contribution < 1.29 is 9.25 Å². The molecule has 2 aromatic rings. The van der Waals surface area contributed by atoms with Crippen LogP contribution in [-0.4, -0.2) is 17.1 Å². The second-order valence-electron chi connectivity index (χ2n) is 2.51. The van der Waals surface area contributed by atoms with E-state index >= 15 is 0 Å². The molecule has 0 saturated carbocycles. The number of hydrogen-bond acceptors (Lipinski definition) is 5. The number of furan rings is 1. The van der Waals surface area contributed by atoms with E-state index in [1.807, 2.05) is 6.07 Å². The van der Waals surface area contributed by atoms with Crippen molar-refractivity contribution in [3.8, 4) is 0 Å². The maximum atomic E-state index is 5.40. The van der Waals surface area contributed by atoms with Gasteiger partial charge in [0.05, 0.1) is 19.9 Å². The monoisotopic (exact) mass is 179 g/mol. The van der Waals surface area contributed by atoms with Crippen molar-refractivity contribution >= 4 is 11.1 Å². The molecule has 0 saturated heterocycles. The standard InChI is InChI=1S/C8H9N3O2/c1-12-11-3-6-2-7-8(13-6)4-9-5-10-7/h2,4-5,11H,3H2,1H3. The molecule has 2 rings (SSSR count). The van der Waals surface area contributed by atoms with Gasteiger partial charge in [-0.15, -0.1) is 0 Å². The molecular weight excluding hydrogens is 170 g/mol. The number of hydrogen-bond donors (Lipinski definition) is 1. The molecule has 1 N–H and O–H groups in total. The first kappa shape index (κ1) is 8.15. The van der Waals surface area contributed by atoms with Crippen LogP contribution in [0.2, 0.25) is 0 Å². The van der Waals surface area contributed by atoms with Gasteiger partial charge in [0.2, 0.25) is 0 Å². The van der Waals surface area contributed by atoms with Crippen molar-refractivity contribution in [2.45, 2.75) is 6.54 Å². The smallest absolute Gasteiger partial charge is 0.171 e. The van der Waals surface area contributed by atoms with Crippen molar-refractivity contribution in [1.82, 2.24) is 15.4 Å². The average molecular weight is 179 g/mol. The highest BCUT2D eigenvalue weighted by Gasteiger charge is 2.02. The molecule has 0 aliphatic rings. The summed E-state index contributed by atoms with van der Waals surface area (Å²) in [6, 6.07) is 1.85. The fraction of sp³-hybridized carbons (Fsp3) is 0.250. The number of aromatic nitrogens is 2. The van der Waals surface area contributed by atoms with Gasteiger partial charge in [-0.2, -0.15) is 5.48 Å². The van der Waals surface area contributed by atoms with Crippen LogP contribution in [0.25, 0.3) is 11.1 Å². The zero-order valence-electron chi connectivity index (χ0n) is 7.15. The average Bonchev–Trinajstić information content (AvgIpc) is 2.57. The number of hydroxylamine groups is 1. The summed E-state index contributed by atoms with van der Waals surface area (Å²) in [5, 5.41) is 0. The van der Waals surface area contributed by atoms with Gasteiger partial charge in [0.1, 0.15) is 17.6 Å². The van der Waals surface area contributed by atoms with Crippen LogP contribution in [0.3, 0.4) is 0 Å². The van der Waals surface area contributed by atoms with E-state index in [1.54, 1.807) is 13.3 Å². The summed E-state index contributed by atoms with van der Waals surface area (Å²) < 4.78 is 5.40. The summed E-state index contributed by atoms with van der Waals surface area (Å²) in [4.78, 5) is 12.6. The first-order valence-corrected chi connectivity index (χ1v) is 3.84. The minimum absolute atomic E-state index is 0.521. The Morgan fingerprint density at radius 2 is 2.54 bits per heavy atom. The second kappa shape index (κ2) is 3.51. The summed E-state index contributed by atoms with van der Waals surface area (Å²) in [5.41, 5.74) is 4.18. The highest BCUT2D eigenvalue weighted by molar-refractivity contribution is 5.71. The van der Waals surface area contributed by atoms with Crippen LogP contribution in [0.5, 0.6) is 0 Å². The SMILES string of the molecule is CONCc1cc2ncncc2o1. The third-order valence-corrected chi connectivity index (χ3v) is 1.64. The fourth-order valence-corrected chi connectivity index (χ4v) is 1.07. The molecule has 68 valence electrons. The van der Waals surface area contributed by atoms with E-state index in [2.05, 4.69) is 15.4 Å². The predicted molar refractivity (Wildman–Crippen MR) is 45.7 cm³/mol. The molecule has 0 radical (unpaired) electrons. The first-order valence-electron chi connectivity index (χ1n) is 3.84. The normalized spacial score (nSPS) is 10.8. The van der Waals surface area contributed by atoms with Gasteiger partial charge in [0, 0.05) is 6.07 Å². The summed E-state index contributed by atoms with van der Waals surface area (Å²) in [7, 11) is 1.56. The molecule has 0 amide bonds. The van der Waals surface area contributed by atoms with Gasteiger partial charge >= 0.3 is 0 Å². The Morgan fingerprint density at radius 1 is 1.62 bits per heavy atom. The van der Waals surface area contributed by atoms with E-state index in [0.29, 0.717) is 12.1 Å². The van der Waals surface area contributed by atoms with Gasteiger partial charge < -0.3 is 9.25 Å². The van der Waals surface area contributed by atoms with E-state index in [0.717, 1.165) is 11.3 Å². The molecular formula is C8H9N3O2. The van der Waals surface area contributed by atoms with Gasteiger partial charge in [-0.25, -0.2) is 9.97 Å². The topological polar surface area (TPSA) is 60.2 Å². The lowest BCUT2D eigenvalue weighted by Crippen LogP contribution is -2.09. The molecule has 0 bridgehead atoms. The lowest BCUT2D eigenvalue weighted by Gasteiger charge is -1.95. The zero-order valence-corrected chi connectivity index (χ0v) is 7.15. The van der Waals surface area contributed by atoms with Gasteiger partial charge in [-0.1, -0.05) is 0 Å². The van der Waals surface area contributed by atoms with Crippen LogP contribution in [0.1, 0.15) is 5.76 Å². The highest BCUT2D eigenvalue weighted by atomic mass is 16.6. The maximum absolute atomic E-state index is 5.40. The first-order chi connectivity index (χ1) is 6.40. The Bertz CT molecular complexity index is 366. The second-order valence-corrected chi connectivity index (χ2v) is 2.51. The highest BCUT2D eigenvalue weighted by Crippen LogP contribution is 2.14. The molecule has 0 fully saturated rings. The van der Waals surface area contributed by atoms with E-state index in [9.17, 15) is 0 Å². The Kier molecular flexibility index (Phi) is 2.20. The molecule has 2 heterocycles. The van der Waals surface area contributed by atoms with Crippen LogP contribution in [0, 0.1) is 0 Å². The molecule has 0 aliphatic heterocycles. The summed E-state index contributed by atoms with van der Waals surface area (Å²) in [6.45, 7) is 0.521. The van der Waals surface area contributed by atoms with Gasteiger partial charge in [0.25, 0.3) is 0 Å². The molecule has 13 heavy (non-hydrogen) atoms. The van der Waals surface area contributed by atoms with Crippen LogP contribution in [0.4, 0.5) is 0 Å². The molecule has 5 heteroatoms. The van der Waals surface area contributed by atoms with E-state index in [4.69, 9.17) is 9.25 Å². The minimum atomic E-state index is 0.521. The molecule has 2 aromatic heterocycles. The Labute approximate surface area is 74.7 Å². The van der Waals surface area contributed by atoms with Crippen LogP contribution in [-0.2, 0) is 11.4 Å². The molecule has 0 aromatic carbocycles. The van der Waals surface area contributed by atoms with Gasteiger partial charge in [-0.05, 0) is 0 Å². The van der Waals surface area contributed by atoms with Crippen molar-refractivity contribution in [1.29, 1.82) is 0 Å². The molecule has 0 atom stereocenters. The van der Waals surface area contributed by atoms with Crippen LogP contribution >= 0.6 is 0 Å². The Balaban J connectivity index is 2.28. The minimum Gasteiger partial charge on any atom is -0.456 e. The van der Waals surface area contributed by atoms with Crippen molar-refractivity contribution in [3.05, 3.63) is 24.4 Å². The number of fused-ring (bicyclic) bond motifs is 1. The molecule has 5 nitrogen and oxygen atoms in total. The summed E-state index contributed by atoms with van der Waals surface area (Å²) in [5.74, 6) is 0.775. The van der Waals surface area contributed by atoms with Crippen molar-refractivity contribution in [3.63, 3.8) is 0 Å². The van der Waals surface area contributed by atoms with Gasteiger partial charge in [0.15, 0.2) is 5.58 Å². The quantitative estimate of drug-likeness (QED) is 0.708. The third-order valence-electron chi connectivity index (χ3n) is 1.64. The number of rotatable bonds is 3. The Morgan fingerprint density at radius 3 is 3.31 bits per heavy atom. The third kappa shape index (κ3) is 1.66. The fourth-order valence-electron chi connectivity index (χ4n) is 1.07. The van der Waals surface area contributed by atoms with Crippen molar-refractivity contribution in [2.75, 3.05) is 7.11 Å². The maximum Gasteiger partial charge on any atom is 0.171 e. The van der Waals surface area contributed by atoms with Crippen LogP contribution in [0.15, 0.2) is 23.0 Å². The van der Waals surface area contributed by atoms with Crippen molar-refractivity contribution in [2.24, 2.45) is 0 Å². The number of nitrogens with zero attached hydrogens (tertiary/aromatic N) is 2. The lowest BCUT2D eigenvalue weighted by atomic mass is 10.4. The summed E-state index contributed by atoms with van der Waals surface area (Å²) >= 11 is 0. The lowest BCUT2D eigenvalue weighted by molar-refractivity contribution is 0.0822. The van der Waals surface area contributed by atoms with E-state index in [1.165, 1.54) is 6.33 Å². The molecule has 0 unspecified atom stereocenters. The summed E-state index contributed by atoms with van der Waals surface area (Å²) in [6.07, 6.45) is 3.13.